The maximum atomic E-state index is 14.7. The zero-order valence-electron chi connectivity index (χ0n) is 31.5. The summed E-state index contributed by atoms with van der Waals surface area (Å²) < 4.78 is 1.90. The number of carbonyl (C=O) groups excluding carboxylic acids is 2. The molecule has 1 fully saturated rings. The molecule has 0 radical (unpaired) electrons. The highest BCUT2D eigenvalue weighted by atomic mass is 16.3. The topological polar surface area (TPSA) is 151 Å². The molecule has 1 saturated carbocycles. The van der Waals surface area contributed by atoms with Crippen LogP contribution in [0.15, 0.2) is 55.2 Å². The highest BCUT2D eigenvalue weighted by Gasteiger charge is 2.35. The number of likely N-dealkylation sites (N-methyl/N-ethyl adjacent to an activating group) is 1. The van der Waals surface area contributed by atoms with Gasteiger partial charge in [-0.2, -0.15) is 0 Å². The molecule has 4 atom stereocenters. The van der Waals surface area contributed by atoms with Crippen LogP contribution < -0.4 is 10.6 Å². The van der Waals surface area contributed by atoms with Gasteiger partial charge in [0.2, 0.25) is 11.8 Å². The molecule has 12 nitrogen and oxygen atoms in total. The van der Waals surface area contributed by atoms with E-state index in [1.807, 2.05) is 67.7 Å². The van der Waals surface area contributed by atoms with E-state index < -0.39 is 24.0 Å². The fraction of sp³-hybridized carbons (Fsp3) is 0.575. The Kier molecular flexibility index (Phi) is 14.2. The predicted molar refractivity (Wildman–Crippen MR) is 202 cm³/mol. The van der Waals surface area contributed by atoms with E-state index in [0.717, 1.165) is 61.2 Å². The van der Waals surface area contributed by atoms with Crippen molar-refractivity contribution in [2.75, 3.05) is 27.2 Å². The number of pyridine rings is 2. The molecule has 12 heteroatoms. The highest BCUT2D eigenvalue weighted by Crippen LogP contribution is 2.31. The second-order valence-electron chi connectivity index (χ2n) is 15.0. The molecule has 52 heavy (non-hydrogen) atoms. The molecule has 2 amide bonds. The van der Waals surface area contributed by atoms with E-state index in [0.29, 0.717) is 43.2 Å². The van der Waals surface area contributed by atoms with Gasteiger partial charge in [0, 0.05) is 55.6 Å². The normalized spacial score (nSPS) is 16.2. The number of rotatable bonds is 18. The minimum atomic E-state index is -0.912. The van der Waals surface area contributed by atoms with E-state index in [9.17, 15) is 14.7 Å². The standard InChI is InChI=1S/C40H57N9O3/c1-6-12-33-38-47-46-37(49(38)26-35(44-33)30-16-11-18-42-25-30)32(21-29-15-10-17-41-24-29)40(52)45-34(22-28-13-8-7-9-14-28)36(50)23-31(27(2)3)39(51)43-19-20-48(4)5/h10-11,15-18,24-28,31-32,34,36,50H,6-9,12-14,19-23H2,1-5H3,(H,43,51)(H,45,52)/t31-,32?,34-,36-/m0/s1. The lowest BCUT2D eigenvalue weighted by Gasteiger charge is -2.33. The number of nitrogens with one attached hydrogen (secondary N) is 2. The van der Waals surface area contributed by atoms with E-state index in [1.165, 1.54) is 6.42 Å². The van der Waals surface area contributed by atoms with Crippen LogP contribution in [0, 0.1) is 17.8 Å². The number of hydrogen-bond donors (Lipinski definition) is 3. The Morgan fingerprint density at radius 2 is 1.77 bits per heavy atom. The van der Waals surface area contributed by atoms with E-state index in [-0.39, 0.29) is 24.2 Å². The molecule has 1 aliphatic carbocycles. The minimum Gasteiger partial charge on any atom is -0.391 e. The smallest absolute Gasteiger partial charge is 0.231 e. The Balaban J connectivity index is 1.49. The van der Waals surface area contributed by atoms with Crippen LogP contribution >= 0.6 is 0 Å². The van der Waals surface area contributed by atoms with Gasteiger partial charge in [0.05, 0.1) is 23.5 Å². The van der Waals surface area contributed by atoms with Crippen LogP contribution in [0.3, 0.4) is 0 Å². The predicted octanol–water partition coefficient (Wildman–Crippen LogP) is 5.02. The first-order chi connectivity index (χ1) is 25.1. The van der Waals surface area contributed by atoms with Crippen LogP contribution in [0.4, 0.5) is 0 Å². The van der Waals surface area contributed by atoms with E-state index in [4.69, 9.17) is 4.98 Å². The van der Waals surface area contributed by atoms with Crippen LogP contribution in [0.2, 0.25) is 0 Å². The Morgan fingerprint density at radius 1 is 1.02 bits per heavy atom. The molecule has 3 N–H and O–H groups in total. The van der Waals surface area contributed by atoms with Crippen molar-refractivity contribution < 1.29 is 14.7 Å². The van der Waals surface area contributed by atoms with Crippen LogP contribution in [-0.2, 0) is 22.4 Å². The van der Waals surface area contributed by atoms with Crippen molar-refractivity contribution >= 4 is 17.5 Å². The molecule has 0 aliphatic heterocycles. The zero-order chi connectivity index (χ0) is 37.0. The summed E-state index contributed by atoms with van der Waals surface area (Å²) >= 11 is 0. The Labute approximate surface area is 308 Å². The van der Waals surface area contributed by atoms with Crippen molar-refractivity contribution in [3.05, 3.63) is 72.3 Å². The molecule has 1 aliphatic rings. The Bertz CT molecular complexity index is 1710. The van der Waals surface area contributed by atoms with Crippen LogP contribution in [0.5, 0.6) is 0 Å². The summed E-state index contributed by atoms with van der Waals surface area (Å²) in [6.45, 7) is 7.39. The van der Waals surface area contributed by atoms with Gasteiger partial charge in [-0.1, -0.05) is 65.4 Å². The highest BCUT2D eigenvalue weighted by molar-refractivity contribution is 5.84. The molecule has 4 aromatic heterocycles. The molecular formula is C40H57N9O3. The summed E-state index contributed by atoms with van der Waals surface area (Å²) in [5.74, 6) is -0.557. The number of carbonyl (C=O) groups is 2. The molecule has 0 saturated heterocycles. The van der Waals surface area contributed by atoms with Gasteiger partial charge in [-0.25, -0.2) is 4.98 Å². The lowest BCUT2D eigenvalue weighted by atomic mass is 9.81. The Morgan fingerprint density at radius 3 is 2.42 bits per heavy atom. The number of nitrogens with zero attached hydrogens (tertiary/aromatic N) is 7. The van der Waals surface area contributed by atoms with E-state index >= 15 is 0 Å². The number of amides is 2. The number of hydrogen-bond acceptors (Lipinski definition) is 9. The summed E-state index contributed by atoms with van der Waals surface area (Å²) in [7, 11) is 3.94. The molecule has 4 aromatic rings. The lowest BCUT2D eigenvalue weighted by Crippen LogP contribution is -2.49. The molecule has 5 rings (SSSR count). The number of fused-ring (bicyclic) bond motifs is 1. The van der Waals surface area contributed by atoms with Gasteiger partial charge in [-0.15, -0.1) is 10.2 Å². The molecule has 4 heterocycles. The maximum Gasteiger partial charge on any atom is 0.231 e. The number of aliphatic hydroxyl groups is 1. The quantitative estimate of drug-likeness (QED) is 0.129. The third-order valence-corrected chi connectivity index (χ3v) is 10.3. The second kappa shape index (κ2) is 19.0. The average molecular weight is 712 g/mol. The van der Waals surface area contributed by atoms with Gasteiger partial charge in [-0.3, -0.25) is 24.0 Å². The summed E-state index contributed by atoms with van der Waals surface area (Å²) in [6, 6.07) is 7.12. The van der Waals surface area contributed by atoms with Gasteiger partial charge in [0.15, 0.2) is 5.65 Å². The van der Waals surface area contributed by atoms with Crippen LogP contribution in [0.25, 0.3) is 16.9 Å². The van der Waals surface area contributed by atoms with Crippen molar-refractivity contribution in [2.24, 2.45) is 17.8 Å². The molecule has 280 valence electrons. The molecule has 0 bridgehead atoms. The monoisotopic (exact) mass is 711 g/mol. The van der Waals surface area contributed by atoms with Gasteiger partial charge >= 0.3 is 0 Å². The second-order valence-corrected chi connectivity index (χ2v) is 15.0. The summed E-state index contributed by atoms with van der Waals surface area (Å²) in [5.41, 5.74) is 3.88. The first-order valence-electron chi connectivity index (χ1n) is 19.1. The summed E-state index contributed by atoms with van der Waals surface area (Å²) in [6.07, 6.45) is 16.4. The lowest BCUT2D eigenvalue weighted by molar-refractivity contribution is -0.128. The minimum absolute atomic E-state index is 0.0145. The van der Waals surface area contributed by atoms with E-state index in [2.05, 4.69) is 37.7 Å². The summed E-state index contributed by atoms with van der Waals surface area (Å²) in [4.78, 5) is 43.7. The number of aryl methyl sites for hydroxylation is 1. The SMILES string of the molecule is CCCc1nc(-c2cccnc2)cn2c(C(Cc3cccnc3)C(=O)N[C@@H](CC3CCCCC3)[C@@H](O)C[C@H](C(=O)NCCN(C)C)C(C)C)nnc12. The van der Waals surface area contributed by atoms with Gasteiger partial charge in [-0.05, 0) is 75.4 Å². The number of aliphatic hydroxyl groups excluding tert-OH is 1. The maximum absolute atomic E-state index is 14.7. The van der Waals surface area contributed by atoms with E-state index in [1.54, 1.807) is 24.8 Å². The number of aromatic nitrogens is 6. The average Bonchev–Trinajstić information content (AvgIpc) is 3.57. The largest absolute Gasteiger partial charge is 0.391 e. The van der Waals surface area contributed by atoms with Crippen molar-refractivity contribution in [1.82, 2.24) is 45.1 Å². The molecule has 0 aromatic carbocycles. The molecule has 1 unspecified atom stereocenters. The van der Waals surface area contributed by atoms with Crippen molar-refractivity contribution in [3.63, 3.8) is 0 Å². The zero-order valence-corrected chi connectivity index (χ0v) is 31.5. The molecule has 0 spiro atoms. The Hall–Kier alpha value is -4.29. The molecular weight excluding hydrogens is 654 g/mol. The third kappa shape index (κ3) is 10.4. The van der Waals surface area contributed by atoms with Gasteiger partial charge in [0.25, 0.3) is 0 Å². The first-order valence-corrected chi connectivity index (χ1v) is 19.1. The fourth-order valence-corrected chi connectivity index (χ4v) is 7.34. The van der Waals surface area contributed by atoms with Crippen molar-refractivity contribution in [1.29, 1.82) is 0 Å². The summed E-state index contributed by atoms with van der Waals surface area (Å²) in [5, 5.41) is 27.5. The van der Waals surface area contributed by atoms with Crippen molar-refractivity contribution in [2.45, 2.75) is 103 Å². The third-order valence-electron chi connectivity index (χ3n) is 10.3. The van der Waals surface area contributed by atoms with Gasteiger partial charge < -0.3 is 20.6 Å². The first kappa shape index (κ1) is 38.9. The van der Waals surface area contributed by atoms with Gasteiger partial charge in [0.1, 0.15) is 11.7 Å². The fourth-order valence-electron chi connectivity index (χ4n) is 7.34. The van der Waals surface area contributed by atoms with Crippen LogP contribution in [0.1, 0.15) is 95.1 Å². The van der Waals surface area contributed by atoms with Crippen LogP contribution in [-0.4, -0.2) is 90.7 Å². The van der Waals surface area contributed by atoms with Crippen molar-refractivity contribution in [3.8, 4) is 11.3 Å².